The van der Waals surface area contributed by atoms with Gasteiger partial charge in [0.15, 0.2) is 8.32 Å². The van der Waals surface area contributed by atoms with Crippen LogP contribution < -0.4 is 0 Å². The first-order chi connectivity index (χ1) is 8.60. The van der Waals surface area contributed by atoms with E-state index in [9.17, 15) is 9.59 Å². The van der Waals surface area contributed by atoms with Crippen LogP contribution in [0.15, 0.2) is 0 Å². The van der Waals surface area contributed by atoms with E-state index in [0.717, 1.165) is 0 Å². The third-order valence-electron chi connectivity index (χ3n) is 2.19. The quantitative estimate of drug-likeness (QED) is 0.297. The highest BCUT2D eigenvalue weighted by Gasteiger charge is 2.53. The zero-order valence-corrected chi connectivity index (χ0v) is 14.0. The summed E-state index contributed by atoms with van der Waals surface area (Å²) >= 11 is 0. The van der Waals surface area contributed by atoms with E-state index < -0.39 is 25.9 Å². The summed E-state index contributed by atoms with van der Waals surface area (Å²) in [5.41, 5.74) is 0. The molecular formula is C13H26O5Si. The van der Waals surface area contributed by atoms with Crippen molar-refractivity contribution in [2.24, 2.45) is 5.92 Å². The second kappa shape index (κ2) is 7.16. The molecule has 0 aromatic carbocycles. The van der Waals surface area contributed by atoms with Gasteiger partial charge in [-0.05, 0) is 33.5 Å². The monoisotopic (exact) mass is 290 g/mol. The van der Waals surface area contributed by atoms with Crippen LogP contribution in [-0.2, 0) is 23.5 Å². The van der Waals surface area contributed by atoms with Crippen LogP contribution in [0.2, 0.25) is 19.6 Å². The molecule has 0 bridgehead atoms. The Kier molecular flexibility index (Phi) is 6.89. The van der Waals surface area contributed by atoms with Gasteiger partial charge in [-0.3, -0.25) is 4.79 Å². The highest BCUT2D eigenvalue weighted by atomic mass is 28.4. The summed E-state index contributed by atoms with van der Waals surface area (Å²) in [5.74, 6) is -3.44. The van der Waals surface area contributed by atoms with E-state index in [1.165, 1.54) is 0 Å². The normalized spacial score (nSPS) is 15.2. The molecule has 5 nitrogen and oxygen atoms in total. The van der Waals surface area contributed by atoms with Crippen molar-refractivity contribution in [1.82, 2.24) is 0 Å². The lowest BCUT2D eigenvalue weighted by Gasteiger charge is -2.35. The fraction of sp³-hybridized carbons (Fsp3) is 0.846. The Hall–Kier alpha value is -0.723. The van der Waals surface area contributed by atoms with Gasteiger partial charge in [0.2, 0.25) is 5.78 Å². The molecule has 0 saturated carbocycles. The van der Waals surface area contributed by atoms with Gasteiger partial charge in [-0.2, -0.15) is 0 Å². The molecule has 0 heterocycles. The molecule has 0 spiro atoms. The van der Waals surface area contributed by atoms with E-state index in [4.69, 9.17) is 13.9 Å². The van der Waals surface area contributed by atoms with Gasteiger partial charge >= 0.3 is 11.8 Å². The van der Waals surface area contributed by atoms with Crippen molar-refractivity contribution < 1.29 is 23.5 Å². The molecule has 0 aliphatic heterocycles. The van der Waals surface area contributed by atoms with Crippen LogP contribution in [0.4, 0.5) is 0 Å². The topological polar surface area (TPSA) is 61.8 Å². The predicted molar refractivity (Wildman–Crippen MR) is 75.3 cm³/mol. The molecule has 0 aliphatic carbocycles. The number of esters is 1. The Balaban J connectivity index is 5.59. The third kappa shape index (κ3) is 5.04. The molecule has 0 saturated heterocycles. The fourth-order valence-corrected chi connectivity index (χ4v) is 2.70. The van der Waals surface area contributed by atoms with Crippen LogP contribution in [0.1, 0.15) is 27.7 Å². The van der Waals surface area contributed by atoms with Gasteiger partial charge in [0.05, 0.1) is 6.61 Å². The molecule has 0 fully saturated rings. The maximum Gasteiger partial charge on any atom is 0.374 e. The van der Waals surface area contributed by atoms with E-state index in [2.05, 4.69) is 0 Å². The fourth-order valence-electron chi connectivity index (χ4n) is 1.59. The predicted octanol–water partition coefficient (Wildman–Crippen LogP) is 2.36. The van der Waals surface area contributed by atoms with Gasteiger partial charge in [0, 0.05) is 12.5 Å². The van der Waals surface area contributed by atoms with E-state index in [1.807, 2.05) is 19.6 Å². The number of Topliss-reactive ketones (excluding diaryl/α,β-unsaturated/α-hetero) is 1. The molecule has 6 heteroatoms. The van der Waals surface area contributed by atoms with E-state index >= 15 is 0 Å². The number of ether oxygens (including phenoxy) is 2. The summed E-state index contributed by atoms with van der Waals surface area (Å²) in [4.78, 5) is 24.6. The van der Waals surface area contributed by atoms with Crippen LogP contribution in [0.3, 0.4) is 0 Å². The molecule has 0 N–H and O–H groups in total. The van der Waals surface area contributed by atoms with Crippen LogP contribution >= 0.6 is 0 Å². The molecule has 0 aromatic rings. The minimum absolute atomic E-state index is 0.175. The van der Waals surface area contributed by atoms with E-state index in [-0.39, 0.29) is 19.1 Å². The number of carbonyl (C=O) groups is 2. The lowest BCUT2D eigenvalue weighted by molar-refractivity contribution is -0.218. The third-order valence-corrected chi connectivity index (χ3v) is 3.09. The minimum Gasteiger partial charge on any atom is -0.462 e. The zero-order chi connectivity index (χ0) is 15.3. The summed E-state index contributed by atoms with van der Waals surface area (Å²) in [5, 5.41) is 0. The molecule has 1 unspecified atom stereocenters. The van der Waals surface area contributed by atoms with Gasteiger partial charge in [-0.1, -0.05) is 13.8 Å². The molecule has 0 rings (SSSR count). The second-order valence-corrected chi connectivity index (χ2v) is 9.93. The van der Waals surface area contributed by atoms with Gasteiger partial charge in [0.1, 0.15) is 0 Å². The highest BCUT2D eigenvalue weighted by molar-refractivity contribution is 6.70. The average molecular weight is 290 g/mol. The van der Waals surface area contributed by atoms with Gasteiger partial charge < -0.3 is 13.9 Å². The van der Waals surface area contributed by atoms with Crippen LogP contribution in [0, 0.1) is 5.92 Å². The van der Waals surface area contributed by atoms with Crippen molar-refractivity contribution in [3.8, 4) is 0 Å². The Bertz CT molecular complexity index is 321. The van der Waals surface area contributed by atoms with Crippen LogP contribution in [0.5, 0.6) is 0 Å². The number of hydrogen-bond acceptors (Lipinski definition) is 5. The number of ketones is 1. The summed E-state index contributed by atoms with van der Waals surface area (Å²) in [6, 6.07) is 0. The van der Waals surface area contributed by atoms with E-state index in [0.29, 0.717) is 0 Å². The average Bonchev–Trinajstić information content (AvgIpc) is 2.25. The smallest absolute Gasteiger partial charge is 0.374 e. The van der Waals surface area contributed by atoms with Crippen LogP contribution in [-0.4, -0.2) is 39.1 Å². The highest BCUT2D eigenvalue weighted by Crippen LogP contribution is 2.26. The largest absolute Gasteiger partial charge is 0.462 e. The van der Waals surface area contributed by atoms with Crippen molar-refractivity contribution in [3.63, 3.8) is 0 Å². The number of rotatable bonds is 8. The first-order valence-electron chi connectivity index (χ1n) is 6.66. The first kappa shape index (κ1) is 18.3. The van der Waals surface area contributed by atoms with Gasteiger partial charge in [-0.15, -0.1) is 0 Å². The van der Waals surface area contributed by atoms with Crippen molar-refractivity contribution in [1.29, 1.82) is 0 Å². The Morgan fingerprint density at radius 3 is 1.95 bits per heavy atom. The van der Waals surface area contributed by atoms with Crippen LogP contribution in [0.25, 0.3) is 0 Å². The Morgan fingerprint density at radius 1 is 1.11 bits per heavy atom. The van der Waals surface area contributed by atoms with Crippen molar-refractivity contribution in [2.75, 3.05) is 13.2 Å². The first-order valence-corrected chi connectivity index (χ1v) is 10.1. The van der Waals surface area contributed by atoms with Gasteiger partial charge in [0.25, 0.3) is 0 Å². The molecule has 112 valence electrons. The summed E-state index contributed by atoms with van der Waals surface area (Å²) in [6.45, 7) is 12.9. The van der Waals surface area contributed by atoms with Crippen molar-refractivity contribution in [2.45, 2.75) is 53.1 Å². The maximum atomic E-state index is 12.4. The summed E-state index contributed by atoms with van der Waals surface area (Å²) in [7, 11) is -2.18. The lowest BCUT2D eigenvalue weighted by atomic mass is 10.0. The maximum absolute atomic E-state index is 12.4. The second-order valence-electron chi connectivity index (χ2n) is 5.50. The van der Waals surface area contributed by atoms with E-state index in [1.54, 1.807) is 27.7 Å². The lowest BCUT2D eigenvalue weighted by Crippen LogP contribution is -2.58. The summed E-state index contributed by atoms with van der Waals surface area (Å²) < 4.78 is 16.2. The standard InChI is InChI=1S/C13H26O5Si/c1-8-16-12(15)13(17-9-2,11(14)10(3)4)18-19(5,6)7/h10H,8-9H2,1-7H3. The molecule has 0 amide bonds. The Labute approximate surface area is 116 Å². The molecule has 0 aliphatic rings. The number of carbonyl (C=O) groups excluding carboxylic acids is 2. The molecular weight excluding hydrogens is 264 g/mol. The van der Waals surface area contributed by atoms with Crippen molar-refractivity contribution in [3.05, 3.63) is 0 Å². The number of hydrogen-bond donors (Lipinski definition) is 0. The molecule has 1 atom stereocenters. The molecule has 0 aromatic heterocycles. The van der Waals surface area contributed by atoms with Gasteiger partial charge in [-0.25, -0.2) is 4.79 Å². The SMILES string of the molecule is CCOC(=O)C(OCC)(O[Si](C)(C)C)C(=O)C(C)C. The Morgan fingerprint density at radius 2 is 1.63 bits per heavy atom. The zero-order valence-electron chi connectivity index (χ0n) is 13.0. The minimum atomic E-state index is -2.18. The van der Waals surface area contributed by atoms with Crippen molar-refractivity contribution >= 4 is 20.1 Å². The molecule has 19 heavy (non-hydrogen) atoms. The molecule has 0 radical (unpaired) electrons. The summed E-state index contributed by atoms with van der Waals surface area (Å²) in [6.07, 6.45) is 0.